The fourth-order valence-corrected chi connectivity index (χ4v) is 3.87. The molecule has 188 valence electrons. The topological polar surface area (TPSA) is 71.1 Å². The summed E-state index contributed by atoms with van der Waals surface area (Å²) in [7, 11) is 1.41. The molecular weight excluding hydrogens is 432 g/mol. The molecule has 1 atom stereocenters. The molecule has 0 radical (unpaired) electrons. The Bertz CT molecular complexity index is 906. The Hall–Kier alpha value is -2.60. The normalized spacial score (nSPS) is 16.8. The molecule has 0 spiro atoms. The highest BCUT2D eigenvalue weighted by molar-refractivity contribution is 5.71. The van der Waals surface area contributed by atoms with Crippen molar-refractivity contribution >= 4 is 11.9 Å². The molecule has 2 rings (SSSR count). The standard InChI is InChI=1S/C28H40O6/c1-19(10-9-11-20(2)14-16-26(30)31-6)13-15-24-18-25(34-27-12-7-8-17-32-27)21(3)22(4)28(24)33-23(5)29/h11,13,18,27H,7-10,12,14-17H2,1-6H3/b19-13+,20-11+. The molecule has 1 saturated heterocycles. The van der Waals surface area contributed by atoms with Gasteiger partial charge in [-0.2, -0.15) is 0 Å². The Morgan fingerprint density at radius 2 is 1.76 bits per heavy atom. The van der Waals surface area contributed by atoms with Crippen LogP contribution in [0.2, 0.25) is 0 Å². The quantitative estimate of drug-likeness (QED) is 0.214. The SMILES string of the molecule is COC(=O)CC/C(C)=C/CC/C(C)=C/Cc1cc(OC2CCCCO2)c(C)c(C)c1OC(C)=O. The van der Waals surface area contributed by atoms with Crippen LogP contribution >= 0.6 is 0 Å². The molecule has 1 heterocycles. The van der Waals surface area contributed by atoms with E-state index in [-0.39, 0.29) is 18.2 Å². The van der Waals surface area contributed by atoms with Gasteiger partial charge in [0.05, 0.1) is 13.7 Å². The third-order valence-electron chi connectivity index (χ3n) is 6.16. The largest absolute Gasteiger partial charge is 0.469 e. The molecule has 1 aromatic carbocycles. The third kappa shape index (κ3) is 8.98. The molecule has 1 aliphatic heterocycles. The average Bonchev–Trinajstić information content (AvgIpc) is 2.81. The zero-order chi connectivity index (χ0) is 25.1. The van der Waals surface area contributed by atoms with Crippen LogP contribution in [-0.4, -0.2) is 31.9 Å². The number of hydrogen-bond donors (Lipinski definition) is 0. The van der Waals surface area contributed by atoms with Gasteiger partial charge in [0.2, 0.25) is 0 Å². The molecule has 6 nitrogen and oxygen atoms in total. The second-order valence-electron chi connectivity index (χ2n) is 9.04. The van der Waals surface area contributed by atoms with Gasteiger partial charge in [0.1, 0.15) is 11.5 Å². The van der Waals surface area contributed by atoms with Crippen LogP contribution in [0.4, 0.5) is 0 Å². The van der Waals surface area contributed by atoms with Gasteiger partial charge in [-0.25, -0.2) is 0 Å². The lowest BCUT2D eigenvalue weighted by Crippen LogP contribution is -2.25. The summed E-state index contributed by atoms with van der Waals surface area (Å²) in [5, 5.41) is 0. The fraction of sp³-hybridized carbons (Fsp3) is 0.571. The summed E-state index contributed by atoms with van der Waals surface area (Å²) in [6, 6.07) is 1.99. The number of carbonyl (C=O) groups is 2. The summed E-state index contributed by atoms with van der Waals surface area (Å²) in [6.45, 7) is 10.2. The van der Waals surface area contributed by atoms with E-state index in [1.54, 1.807) is 0 Å². The van der Waals surface area contributed by atoms with Gasteiger partial charge in [0.25, 0.3) is 0 Å². The summed E-state index contributed by atoms with van der Waals surface area (Å²) >= 11 is 0. The molecule has 0 aliphatic carbocycles. The zero-order valence-electron chi connectivity index (χ0n) is 21.6. The molecular formula is C28H40O6. The Morgan fingerprint density at radius 3 is 2.41 bits per heavy atom. The average molecular weight is 473 g/mol. The van der Waals surface area contributed by atoms with Crippen LogP contribution in [0.15, 0.2) is 29.4 Å². The first-order valence-corrected chi connectivity index (χ1v) is 12.2. The molecule has 1 aliphatic rings. The van der Waals surface area contributed by atoms with Crippen molar-refractivity contribution in [2.24, 2.45) is 0 Å². The van der Waals surface area contributed by atoms with E-state index < -0.39 is 0 Å². The lowest BCUT2D eigenvalue weighted by Gasteiger charge is -2.25. The maximum absolute atomic E-state index is 11.8. The summed E-state index contributed by atoms with van der Waals surface area (Å²) in [6.07, 6.45) is 10.8. The van der Waals surface area contributed by atoms with E-state index in [4.69, 9.17) is 18.9 Å². The first-order chi connectivity index (χ1) is 16.2. The lowest BCUT2D eigenvalue weighted by molar-refractivity contribution is -0.140. The zero-order valence-corrected chi connectivity index (χ0v) is 21.6. The van der Waals surface area contributed by atoms with E-state index in [2.05, 4.69) is 19.1 Å². The lowest BCUT2D eigenvalue weighted by atomic mass is 9.99. The summed E-state index contributed by atoms with van der Waals surface area (Å²) < 4.78 is 22.2. The van der Waals surface area contributed by atoms with Crippen LogP contribution in [-0.2, 0) is 25.5 Å². The van der Waals surface area contributed by atoms with E-state index in [9.17, 15) is 9.59 Å². The van der Waals surface area contributed by atoms with E-state index in [1.807, 2.05) is 26.8 Å². The predicted molar refractivity (Wildman–Crippen MR) is 133 cm³/mol. The molecule has 0 bridgehead atoms. The molecule has 6 heteroatoms. The van der Waals surface area contributed by atoms with Gasteiger partial charge in [-0.15, -0.1) is 0 Å². The molecule has 0 N–H and O–H groups in total. The maximum Gasteiger partial charge on any atom is 0.308 e. The number of methoxy groups -OCH3 is 1. The molecule has 0 aromatic heterocycles. The summed E-state index contributed by atoms with van der Waals surface area (Å²) in [4.78, 5) is 23.1. The van der Waals surface area contributed by atoms with Gasteiger partial charge in [-0.1, -0.05) is 23.3 Å². The molecule has 34 heavy (non-hydrogen) atoms. The van der Waals surface area contributed by atoms with E-state index in [1.165, 1.54) is 25.2 Å². The van der Waals surface area contributed by atoms with E-state index in [0.29, 0.717) is 18.6 Å². The smallest absolute Gasteiger partial charge is 0.308 e. The molecule has 1 fully saturated rings. The molecule has 1 unspecified atom stereocenters. The highest BCUT2D eigenvalue weighted by Crippen LogP contribution is 2.36. The number of esters is 2. The second kappa shape index (κ2) is 14.0. The third-order valence-corrected chi connectivity index (χ3v) is 6.16. The number of rotatable bonds is 11. The minimum atomic E-state index is -0.332. The van der Waals surface area contributed by atoms with Crippen LogP contribution in [0.3, 0.4) is 0 Å². The Kier molecular flexibility index (Phi) is 11.3. The number of hydrogen-bond acceptors (Lipinski definition) is 6. The van der Waals surface area contributed by atoms with Crippen molar-refractivity contribution in [3.63, 3.8) is 0 Å². The summed E-state index contributed by atoms with van der Waals surface area (Å²) in [5.74, 6) is 0.885. The second-order valence-corrected chi connectivity index (χ2v) is 9.04. The van der Waals surface area contributed by atoms with Gasteiger partial charge in [0, 0.05) is 25.3 Å². The highest BCUT2D eigenvalue weighted by Gasteiger charge is 2.20. The predicted octanol–water partition coefficient (Wildman–Crippen LogP) is 6.30. The van der Waals surface area contributed by atoms with E-state index >= 15 is 0 Å². The molecule has 1 aromatic rings. The van der Waals surface area contributed by atoms with Crippen molar-refractivity contribution in [1.82, 2.24) is 0 Å². The molecule has 0 amide bonds. The number of benzene rings is 1. The Labute approximate surface area is 204 Å². The number of ether oxygens (including phenoxy) is 4. The van der Waals surface area contributed by atoms with Gasteiger partial charge in [-0.3, -0.25) is 9.59 Å². The van der Waals surface area contributed by atoms with Crippen LogP contribution in [0, 0.1) is 13.8 Å². The van der Waals surface area contributed by atoms with Crippen LogP contribution in [0.1, 0.15) is 82.4 Å². The van der Waals surface area contributed by atoms with Crippen LogP contribution in [0.25, 0.3) is 0 Å². The fourth-order valence-electron chi connectivity index (χ4n) is 3.87. The van der Waals surface area contributed by atoms with Crippen molar-refractivity contribution in [3.8, 4) is 11.5 Å². The summed E-state index contributed by atoms with van der Waals surface area (Å²) in [5.41, 5.74) is 5.24. The monoisotopic (exact) mass is 472 g/mol. The van der Waals surface area contributed by atoms with Crippen molar-refractivity contribution in [1.29, 1.82) is 0 Å². The number of carbonyl (C=O) groups excluding carboxylic acids is 2. The minimum Gasteiger partial charge on any atom is -0.469 e. The van der Waals surface area contributed by atoms with Crippen LogP contribution in [0.5, 0.6) is 11.5 Å². The van der Waals surface area contributed by atoms with Gasteiger partial charge in [0.15, 0.2) is 6.29 Å². The van der Waals surface area contributed by atoms with Crippen LogP contribution < -0.4 is 9.47 Å². The maximum atomic E-state index is 11.8. The first-order valence-electron chi connectivity index (χ1n) is 12.2. The van der Waals surface area contributed by atoms with Crippen molar-refractivity contribution in [2.45, 2.75) is 92.3 Å². The Balaban J connectivity index is 2.10. The first kappa shape index (κ1) is 27.6. The van der Waals surface area contributed by atoms with Crippen molar-refractivity contribution < 1.29 is 28.5 Å². The van der Waals surface area contributed by atoms with Crippen molar-refractivity contribution in [3.05, 3.63) is 46.1 Å². The van der Waals surface area contributed by atoms with Gasteiger partial charge >= 0.3 is 11.9 Å². The van der Waals surface area contributed by atoms with E-state index in [0.717, 1.165) is 67.6 Å². The van der Waals surface area contributed by atoms with Gasteiger partial charge in [-0.05, 0) is 83.4 Å². The molecule has 0 saturated carbocycles. The van der Waals surface area contributed by atoms with Crippen molar-refractivity contribution in [2.75, 3.05) is 13.7 Å². The van der Waals surface area contributed by atoms with Gasteiger partial charge < -0.3 is 18.9 Å². The highest BCUT2D eigenvalue weighted by atomic mass is 16.7. The minimum absolute atomic E-state index is 0.181. The number of allylic oxidation sites excluding steroid dienone is 4. The Morgan fingerprint density at radius 1 is 1.03 bits per heavy atom.